The van der Waals surface area contributed by atoms with Gasteiger partial charge in [0.15, 0.2) is 0 Å². The van der Waals surface area contributed by atoms with Crippen molar-refractivity contribution in [3.05, 3.63) is 84.4 Å². The van der Waals surface area contributed by atoms with E-state index in [2.05, 4.69) is 4.74 Å². The molecule has 0 bridgehead atoms. The smallest absolute Gasteiger partial charge is 0.379 e. The summed E-state index contributed by atoms with van der Waals surface area (Å²) >= 11 is 0. The molecule has 6 nitrogen and oxygen atoms in total. The van der Waals surface area contributed by atoms with Gasteiger partial charge >= 0.3 is 5.97 Å². The van der Waals surface area contributed by atoms with Gasteiger partial charge in [-0.15, -0.1) is 0 Å². The third-order valence-corrected chi connectivity index (χ3v) is 3.91. The van der Waals surface area contributed by atoms with Crippen molar-refractivity contribution in [2.75, 3.05) is 20.3 Å². The van der Waals surface area contributed by atoms with Gasteiger partial charge in [-0.1, -0.05) is 18.2 Å². The Labute approximate surface area is 168 Å². The predicted molar refractivity (Wildman–Crippen MR) is 107 cm³/mol. The van der Waals surface area contributed by atoms with Gasteiger partial charge in [0.05, 0.1) is 7.11 Å². The largest absolute Gasteiger partial charge is 0.490 e. The van der Waals surface area contributed by atoms with Gasteiger partial charge in [-0.05, 0) is 60.7 Å². The summed E-state index contributed by atoms with van der Waals surface area (Å²) in [6.07, 6.45) is 0. The van der Waals surface area contributed by atoms with Crippen LogP contribution in [0.1, 0.15) is 10.4 Å². The molecule has 148 valence electrons. The predicted octanol–water partition coefficient (Wildman–Crippen LogP) is 4.29. The summed E-state index contributed by atoms with van der Waals surface area (Å²) in [6.45, 7) is 0.675. The molecule has 0 N–H and O–H groups in total. The molecule has 3 rings (SSSR count). The summed E-state index contributed by atoms with van der Waals surface area (Å²) in [5.41, 5.74) is 0.248. The van der Waals surface area contributed by atoms with E-state index in [0.717, 1.165) is 11.5 Å². The lowest BCUT2D eigenvalue weighted by Gasteiger charge is -2.10. The number of hydrogen-bond acceptors (Lipinski definition) is 6. The molecule has 0 heterocycles. The fourth-order valence-corrected chi connectivity index (χ4v) is 2.46. The molecule has 0 aliphatic heterocycles. The van der Waals surface area contributed by atoms with Gasteiger partial charge < -0.3 is 18.9 Å². The average molecular weight is 392 g/mol. The van der Waals surface area contributed by atoms with Crippen LogP contribution in [0.5, 0.6) is 23.0 Å². The maximum Gasteiger partial charge on any atom is 0.379 e. The SMILES string of the molecule is COC(=O)C(=O)c1ccc(OCCOc2ccc(Oc3ccccc3)cc2)cc1. The van der Waals surface area contributed by atoms with Crippen LogP contribution >= 0.6 is 0 Å². The zero-order chi connectivity index (χ0) is 20.5. The number of carbonyl (C=O) groups excluding carboxylic acids is 2. The number of methoxy groups -OCH3 is 1. The standard InChI is InChI=1S/C23H20O6/c1-26-23(25)22(24)17-7-9-18(10-8-17)27-15-16-28-19-11-13-21(14-12-19)29-20-5-3-2-4-6-20/h2-14H,15-16H2,1H3. The summed E-state index contributed by atoms with van der Waals surface area (Å²) in [7, 11) is 1.17. The van der Waals surface area contributed by atoms with Gasteiger partial charge in [-0.25, -0.2) is 4.79 Å². The average Bonchev–Trinajstić information content (AvgIpc) is 2.78. The second-order valence-electron chi connectivity index (χ2n) is 5.93. The Morgan fingerprint density at radius 1 is 0.655 bits per heavy atom. The van der Waals surface area contributed by atoms with Crippen LogP contribution in [-0.2, 0) is 9.53 Å². The second-order valence-corrected chi connectivity index (χ2v) is 5.93. The molecule has 0 atom stereocenters. The molecule has 0 aliphatic rings. The summed E-state index contributed by atoms with van der Waals surface area (Å²) in [6, 6.07) is 23.1. The number of esters is 1. The van der Waals surface area contributed by atoms with E-state index >= 15 is 0 Å². The van der Waals surface area contributed by atoms with Gasteiger partial charge in [0, 0.05) is 5.56 Å². The Morgan fingerprint density at radius 2 is 1.14 bits per heavy atom. The quantitative estimate of drug-likeness (QED) is 0.234. The molecule has 0 saturated heterocycles. The Hall–Kier alpha value is -3.80. The van der Waals surface area contributed by atoms with Crippen molar-refractivity contribution in [1.29, 1.82) is 0 Å². The van der Waals surface area contributed by atoms with E-state index in [0.29, 0.717) is 24.7 Å². The van der Waals surface area contributed by atoms with Gasteiger partial charge in [0.25, 0.3) is 5.78 Å². The molecule has 0 unspecified atom stereocenters. The maximum absolute atomic E-state index is 11.7. The molecule has 3 aromatic rings. The van der Waals surface area contributed by atoms with Crippen molar-refractivity contribution in [3.8, 4) is 23.0 Å². The molecule has 0 radical (unpaired) electrons. The highest BCUT2D eigenvalue weighted by molar-refractivity contribution is 6.40. The molecule has 0 fully saturated rings. The Balaban J connectivity index is 1.42. The van der Waals surface area contributed by atoms with Crippen LogP contribution in [0.4, 0.5) is 0 Å². The monoisotopic (exact) mass is 392 g/mol. The molecule has 0 amide bonds. The highest BCUT2D eigenvalue weighted by Crippen LogP contribution is 2.23. The normalized spacial score (nSPS) is 10.1. The minimum Gasteiger partial charge on any atom is -0.490 e. The minimum atomic E-state index is -0.896. The van der Waals surface area contributed by atoms with Crippen molar-refractivity contribution < 1.29 is 28.5 Å². The van der Waals surface area contributed by atoms with Crippen LogP contribution in [0.3, 0.4) is 0 Å². The highest BCUT2D eigenvalue weighted by atomic mass is 16.5. The highest BCUT2D eigenvalue weighted by Gasteiger charge is 2.16. The van der Waals surface area contributed by atoms with Gasteiger partial charge in [0.1, 0.15) is 36.2 Å². The number of benzene rings is 3. The number of carbonyl (C=O) groups is 2. The second kappa shape index (κ2) is 9.94. The molecular formula is C23H20O6. The van der Waals surface area contributed by atoms with Crippen LogP contribution in [-0.4, -0.2) is 32.1 Å². The summed E-state index contributed by atoms with van der Waals surface area (Å²) < 4.78 is 21.4. The Kier molecular flexibility index (Phi) is 6.84. The number of ketones is 1. The first-order chi connectivity index (χ1) is 14.2. The zero-order valence-corrected chi connectivity index (χ0v) is 15.9. The molecule has 3 aromatic carbocycles. The topological polar surface area (TPSA) is 71.1 Å². The molecule has 6 heteroatoms. The fraction of sp³-hybridized carbons (Fsp3) is 0.130. The third kappa shape index (κ3) is 5.84. The molecule has 29 heavy (non-hydrogen) atoms. The molecule has 0 saturated carbocycles. The van der Waals surface area contributed by atoms with Gasteiger partial charge in [-0.3, -0.25) is 4.79 Å². The van der Waals surface area contributed by atoms with Crippen LogP contribution < -0.4 is 14.2 Å². The van der Waals surface area contributed by atoms with Crippen LogP contribution in [0, 0.1) is 0 Å². The first kappa shape index (κ1) is 19.9. The van der Waals surface area contributed by atoms with Crippen LogP contribution in [0.25, 0.3) is 0 Å². The summed E-state index contributed by atoms with van der Waals surface area (Å²) in [4.78, 5) is 22.9. The van der Waals surface area contributed by atoms with Crippen molar-refractivity contribution in [3.63, 3.8) is 0 Å². The van der Waals surface area contributed by atoms with E-state index in [1.54, 1.807) is 12.1 Å². The van der Waals surface area contributed by atoms with Crippen LogP contribution in [0.2, 0.25) is 0 Å². The lowest BCUT2D eigenvalue weighted by Crippen LogP contribution is -2.15. The van der Waals surface area contributed by atoms with E-state index in [1.165, 1.54) is 19.2 Å². The number of ether oxygens (including phenoxy) is 4. The fourth-order valence-electron chi connectivity index (χ4n) is 2.46. The first-order valence-electron chi connectivity index (χ1n) is 8.97. The Bertz CT molecular complexity index is 933. The first-order valence-corrected chi connectivity index (χ1v) is 8.97. The summed E-state index contributed by atoms with van der Waals surface area (Å²) in [5, 5.41) is 0. The van der Waals surface area contributed by atoms with Crippen molar-refractivity contribution in [1.82, 2.24) is 0 Å². The number of rotatable bonds is 9. The zero-order valence-electron chi connectivity index (χ0n) is 15.9. The van der Waals surface area contributed by atoms with Crippen molar-refractivity contribution in [2.24, 2.45) is 0 Å². The minimum absolute atomic E-state index is 0.248. The van der Waals surface area contributed by atoms with Crippen molar-refractivity contribution >= 4 is 11.8 Å². The van der Waals surface area contributed by atoms with E-state index in [-0.39, 0.29) is 5.56 Å². The van der Waals surface area contributed by atoms with Gasteiger partial charge in [-0.2, -0.15) is 0 Å². The molecule has 0 spiro atoms. The van der Waals surface area contributed by atoms with E-state index in [4.69, 9.17) is 14.2 Å². The molecule has 0 aliphatic carbocycles. The molecular weight excluding hydrogens is 372 g/mol. The van der Waals surface area contributed by atoms with Gasteiger partial charge in [0.2, 0.25) is 0 Å². The summed E-state index contributed by atoms with van der Waals surface area (Å²) in [5.74, 6) is 1.18. The lowest BCUT2D eigenvalue weighted by molar-refractivity contribution is -0.135. The number of hydrogen-bond donors (Lipinski definition) is 0. The third-order valence-electron chi connectivity index (χ3n) is 3.91. The Morgan fingerprint density at radius 3 is 1.69 bits per heavy atom. The number of Topliss-reactive ketones (excluding diaryl/α,β-unsaturated/α-hetero) is 1. The molecule has 0 aromatic heterocycles. The van der Waals surface area contributed by atoms with Crippen LogP contribution in [0.15, 0.2) is 78.9 Å². The maximum atomic E-state index is 11.7. The van der Waals surface area contributed by atoms with E-state index in [9.17, 15) is 9.59 Å². The lowest BCUT2D eigenvalue weighted by atomic mass is 10.1. The van der Waals surface area contributed by atoms with E-state index in [1.807, 2.05) is 54.6 Å². The number of para-hydroxylation sites is 1. The van der Waals surface area contributed by atoms with E-state index < -0.39 is 11.8 Å². The van der Waals surface area contributed by atoms with Crippen molar-refractivity contribution in [2.45, 2.75) is 0 Å².